The molecule has 3 nitrogen and oxygen atoms in total. The van der Waals surface area contributed by atoms with Crippen molar-refractivity contribution >= 4 is 5.91 Å². The number of furan rings is 1. The van der Waals surface area contributed by atoms with E-state index in [4.69, 9.17) is 4.42 Å². The number of hydrogen-bond donors (Lipinski definition) is 1. The fourth-order valence-corrected chi connectivity index (χ4v) is 2.72. The first-order valence-corrected chi connectivity index (χ1v) is 6.36. The highest BCUT2D eigenvalue weighted by Crippen LogP contribution is 2.26. The van der Waals surface area contributed by atoms with E-state index in [1.807, 2.05) is 20.8 Å². The lowest BCUT2D eigenvalue weighted by molar-refractivity contribution is 0.0935. The summed E-state index contributed by atoms with van der Waals surface area (Å²) < 4.78 is 5.49. The Morgan fingerprint density at radius 2 is 1.94 bits per heavy atom. The SMILES string of the molecule is Cc1oc(C)c(C(=O)NC2CCC(C)C2)c1C. The maximum atomic E-state index is 12.2. The van der Waals surface area contributed by atoms with Crippen molar-refractivity contribution in [1.82, 2.24) is 5.32 Å². The minimum Gasteiger partial charge on any atom is -0.466 e. The quantitative estimate of drug-likeness (QED) is 0.855. The second kappa shape index (κ2) is 4.55. The number of rotatable bonds is 2. The third-order valence-corrected chi connectivity index (χ3v) is 3.82. The summed E-state index contributed by atoms with van der Waals surface area (Å²) in [6.07, 6.45) is 3.41. The number of aryl methyl sites for hydroxylation is 2. The average molecular weight is 235 g/mol. The van der Waals surface area contributed by atoms with E-state index in [0.29, 0.717) is 6.04 Å². The summed E-state index contributed by atoms with van der Waals surface area (Å²) in [6.45, 7) is 7.94. The molecule has 94 valence electrons. The first-order chi connectivity index (χ1) is 7.99. The van der Waals surface area contributed by atoms with Gasteiger partial charge in [0.1, 0.15) is 11.5 Å². The summed E-state index contributed by atoms with van der Waals surface area (Å²) in [6, 6.07) is 0.339. The molecule has 1 amide bonds. The molecule has 1 aliphatic rings. The molecule has 1 N–H and O–H groups in total. The van der Waals surface area contributed by atoms with E-state index in [1.165, 1.54) is 6.42 Å². The van der Waals surface area contributed by atoms with Crippen LogP contribution >= 0.6 is 0 Å². The molecule has 0 bridgehead atoms. The van der Waals surface area contributed by atoms with Crippen LogP contribution in [0.25, 0.3) is 0 Å². The predicted octanol–water partition coefficient (Wildman–Crippen LogP) is 3.12. The number of amides is 1. The van der Waals surface area contributed by atoms with Gasteiger partial charge in [0.15, 0.2) is 0 Å². The minimum atomic E-state index is 0.0240. The van der Waals surface area contributed by atoms with Crippen molar-refractivity contribution in [3.8, 4) is 0 Å². The zero-order chi connectivity index (χ0) is 12.6. The molecule has 0 spiro atoms. The highest BCUT2D eigenvalue weighted by atomic mass is 16.3. The molecule has 1 aliphatic carbocycles. The summed E-state index contributed by atoms with van der Waals surface area (Å²) in [4.78, 5) is 12.2. The average Bonchev–Trinajstić information content (AvgIpc) is 2.73. The number of carbonyl (C=O) groups is 1. The first-order valence-electron chi connectivity index (χ1n) is 6.36. The van der Waals surface area contributed by atoms with Crippen molar-refractivity contribution in [2.24, 2.45) is 5.92 Å². The Morgan fingerprint density at radius 3 is 2.41 bits per heavy atom. The third kappa shape index (κ3) is 2.38. The fraction of sp³-hybridized carbons (Fsp3) is 0.643. The van der Waals surface area contributed by atoms with Gasteiger partial charge in [-0.1, -0.05) is 6.92 Å². The molecule has 0 aliphatic heterocycles. The van der Waals surface area contributed by atoms with E-state index < -0.39 is 0 Å². The van der Waals surface area contributed by atoms with Crippen molar-refractivity contribution in [3.63, 3.8) is 0 Å². The van der Waals surface area contributed by atoms with Crippen LogP contribution in [-0.2, 0) is 0 Å². The van der Waals surface area contributed by atoms with Gasteiger partial charge in [-0.3, -0.25) is 4.79 Å². The summed E-state index contributed by atoms with van der Waals surface area (Å²) in [7, 11) is 0. The molecule has 1 aromatic heterocycles. The van der Waals surface area contributed by atoms with Crippen molar-refractivity contribution in [3.05, 3.63) is 22.6 Å². The lowest BCUT2D eigenvalue weighted by Crippen LogP contribution is -2.33. The monoisotopic (exact) mass is 235 g/mol. The van der Waals surface area contributed by atoms with Crippen LogP contribution in [0.4, 0.5) is 0 Å². The van der Waals surface area contributed by atoms with Gasteiger partial charge in [-0.2, -0.15) is 0 Å². The number of hydrogen-bond acceptors (Lipinski definition) is 2. The molecule has 2 unspecified atom stereocenters. The maximum Gasteiger partial charge on any atom is 0.255 e. The van der Waals surface area contributed by atoms with Crippen LogP contribution in [-0.4, -0.2) is 11.9 Å². The Hall–Kier alpha value is -1.25. The van der Waals surface area contributed by atoms with Gasteiger partial charge in [-0.25, -0.2) is 0 Å². The molecule has 1 heterocycles. The van der Waals surface area contributed by atoms with Gasteiger partial charge >= 0.3 is 0 Å². The number of carbonyl (C=O) groups excluding carboxylic acids is 1. The van der Waals surface area contributed by atoms with E-state index in [1.54, 1.807) is 0 Å². The molecular formula is C14H21NO2. The standard InChI is InChI=1S/C14H21NO2/c1-8-5-6-12(7-8)15-14(16)13-9(2)10(3)17-11(13)4/h8,12H,5-7H2,1-4H3,(H,15,16). The second-order valence-corrected chi connectivity index (χ2v) is 5.30. The van der Waals surface area contributed by atoms with E-state index in [-0.39, 0.29) is 5.91 Å². The molecule has 2 rings (SSSR count). The van der Waals surface area contributed by atoms with E-state index in [2.05, 4.69) is 12.2 Å². The molecule has 17 heavy (non-hydrogen) atoms. The Balaban J connectivity index is 2.09. The van der Waals surface area contributed by atoms with Gasteiger partial charge in [0.25, 0.3) is 5.91 Å². The van der Waals surface area contributed by atoms with Gasteiger partial charge < -0.3 is 9.73 Å². The smallest absolute Gasteiger partial charge is 0.255 e. The van der Waals surface area contributed by atoms with Crippen molar-refractivity contribution in [2.75, 3.05) is 0 Å². The van der Waals surface area contributed by atoms with Crippen LogP contribution < -0.4 is 5.32 Å². The van der Waals surface area contributed by atoms with Crippen LogP contribution in [0.15, 0.2) is 4.42 Å². The third-order valence-electron chi connectivity index (χ3n) is 3.82. The van der Waals surface area contributed by atoms with Gasteiger partial charge in [0, 0.05) is 11.6 Å². The molecule has 1 aromatic rings. The Morgan fingerprint density at radius 1 is 1.24 bits per heavy atom. The van der Waals surface area contributed by atoms with Gasteiger partial charge in [0.2, 0.25) is 0 Å². The molecule has 3 heteroatoms. The summed E-state index contributed by atoms with van der Waals surface area (Å²) in [5.74, 6) is 2.32. The normalized spacial score (nSPS) is 24.0. The van der Waals surface area contributed by atoms with E-state index >= 15 is 0 Å². The maximum absolute atomic E-state index is 12.2. The van der Waals surface area contributed by atoms with Gasteiger partial charge in [-0.15, -0.1) is 0 Å². The van der Waals surface area contributed by atoms with Crippen LogP contribution in [0, 0.1) is 26.7 Å². The molecular weight excluding hydrogens is 214 g/mol. The van der Waals surface area contributed by atoms with Crippen LogP contribution in [0.5, 0.6) is 0 Å². The molecule has 2 atom stereocenters. The van der Waals surface area contributed by atoms with Gasteiger partial charge in [0.05, 0.1) is 5.56 Å². The van der Waals surface area contributed by atoms with Crippen LogP contribution in [0.1, 0.15) is 53.6 Å². The Labute approximate surface area is 103 Å². The Kier molecular flexibility index (Phi) is 3.27. The highest BCUT2D eigenvalue weighted by Gasteiger charge is 2.25. The molecule has 0 aromatic carbocycles. The van der Waals surface area contributed by atoms with E-state index in [0.717, 1.165) is 41.4 Å². The first kappa shape index (κ1) is 12.2. The van der Waals surface area contributed by atoms with Crippen molar-refractivity contribution < 1.29 is 9.21 Å². The van der Waals surface area contributed by atoms with Gasteiger partial charge in [-0.05, 0) is 46.0 Å². The second-order valence-electron chi connectivity index (χ2n) is 5.30. The summed E-state index contributed by atoms with van der Waals surface area (Å²) in [5.41, 5.74) is 1.69. The minimum absolute atomic E-state index is 0.0240. The fourth-order valence-electron chi connectivity index (χ4n) is 2.72. The zero-order valence-electron chi connectivity index (χ0n) is 11.1. The largest absolute Gasteiger partial charge is 0.466 e. The van der Waals surface area contributed by atoms with Crippen LogP contribution in [0.2, 0.25) is 0 Å². The van der Waals surface area contributed by atoms with Crippen molar-refractivity contribution in [1.29, 1.82) is 0 Å². The molecule has 1 fully saturated rings. The zero-order valence-corrected chi connectivity index (χ0v) is 11.1. The lowest BCUT2D eigenvalue weighted by Gasteiger charge is -2.12. The molecule has 1 saturated carbocycles. The van der Waals surface area contributed by atoms with Crippen LogP contribution in [0.3, 0.4) is 0 Å². The molecule has 0 saturated heterocycles. The summed E-state index contributed by atoms with van der Waals surface area (Å²) in [5, 5.41) is 3.12. The summed E-state index contributed by atoms with van der Waals surface area (Å²) >= 11 is 0. The molecule has 0 radical (unpaired) electrons. The number of nitrogens with one attached hydrogen (secondary N) is 1. The Bertz CT molecular complexity index is 434. The van der Waals surface area contributed by atoms with E-state index in [9.17, 15) is 4.79 Å². The lowest BCUT2D eigenvalue weighted by atomic mass is 10.1. The topological polar surface area (TPSA) is 42.2 Å². The predicted molar refractivity (Wildman–Crippen MR) is 67.2 cm³/mol. The highest BCUT2D eigenvalue weighted by molar-refractivity contribution is 5.97. The van der Waals surface area contributed by atoms with Crippen molar-refractivity contribution in [2.45, 2.75) is 53.0 Å².